The van der Waals surface area contributed by atoms with Gasteiger partial charge in [-0.2, -0.15) is 0 Å². The lowest BCUT2D eigenvalue weighted by atomic mass is 9.70. The highest BCUT2D eigenvalue weighted by atomic mass is 32.2. The summed E-state index contributed by atoms with van der Waals surface area (Å²) in [5.41, 5.74) is 1.71. The van der Waals surface area contributed by atoms with E-state index >= 15 is 0 Å². The second kappa shape index (κ2) is 5.88. The summed E-state index contributed by atoms with van der Waals surface area (Å²) in [6.07, 6.45) is 4.83. The van der Waals surface area contributed by atoms with Gasteiger partial charge in [-0.05, 0) is 48.7 Å². The maximum Gasteiger partial charge on any atom is 0.261 e. The molecule has 4 rings (SSSR count). The number of hydrogen-bond acceptors (Lipinski definition) is 3. The molecule has 0 bridgehead atoms. The second-order valence-electron chi connectivity index (χ2n) is 6.78. The van der Waals surface area contributed by atoms with Gasteiger partial charge in [0, 0.05) is 11.4 Å². The first-order chi connectivity index (χ1) is 12.0. The van der Waals surface area contributed by atoms with Crippen molar-refractivity contribution in [2.24, 2.45) is 0 Å². The quantitative estimate of drug-likeness (QED) is 0.881. The van der Waals surface area contributed by atoms with Crippen molar-refractivity contribution >= 4 is 27.3 Å². The average Bonchev–Trinajstić information content (AvgIpc) is 2.88. The summed E-state index contributed by atoms with van der Waals surface area (Å²) in [7, 11) is -3.64. The Morgan fingerprint density at radius 2 is 1.68 bits per heavy atom. The lowest BCUT2D eigenvalue weighted by molar-refractivity contribution is -0.121. The number of carbonyl (C=O) groups is 1. The maximum absolute atomic E-state index is 12.6. The van der Waals surface area contributed by atoms with E-state index < -0.39 is 15.4 Å². The molecule has 5 nitrogen and oxygen atoms in total. The van der Waals surface area contributed by atoms with Crippen LogP contribution in [0.3, 0.4) is 0 Å². The molecule has 2 aromatic carbocycles. The lowest BCUT2D eigenvalue weighted by Gasteiger charge is -2.31. The van der Waals surface area contributed by atoms with Crippen molar-refractivity contribution in [2.75, 3.05) is 10.0 Å². The molecule has 1 aliphatic heterocycles. The van der Waals surface area contributed by atoms with Gasteiger partial charge in [0.05, 0.1) is 10.3 Å². The van der Waals surface area contributed by atoms with E-state index in [-0.39, 0.29) is 10.8 Å². The molecule has 1 spiro atoms. The lowest BCUT2D eigenvalue weighted by Crippen LogP contribution is -2.36. The molecule has 0 saturated heterocycles. The van der Waals surface area contributed by atoms with Gasteiger partial charge in [-0.1, -0.05) is 37.5 Å². The molecule has 0 radical (unpaired) electrons. The minimum atomic E-state index is -3.64. The van der Waals surface area contributed by atoms with Crippen molar-refractivity contribution in [1.82, 2.24) is 0 Å². The van der Waals surface area contributed by atoms with Gasteiger partial charge in [0.1, 0.15) is 0 Å². The molecule has 2 aromatic rings. The SMILES string of the molecule is O=C1Nc2ccc(NS(=O)(=O)c3ccccc3)cc2C12CCCCC2. The van der Waals surface area contributed by atoms with Gasteiger partial charge < -0.3 is 5.32 Å². The largest absolute Gasteiger partial charge is 0.325 e. The molecule has 1 amide bonds. The first-order valence-electron chi connectivity index (χ1n) is 8.55. The van der Waals surface area contributed by atoms with Crippen LogP contribution < -0.4 is 10.0 Å². The summed E-state index contributed by atoms with van der Waals surface area (Å²) in [6, 6.07) is 13.6. The van der Waals surface area contributed by atoms with Crippen molar-refractivity contribution in [3.8, 4) is 0 Å². The highest BCUT2D eigenvalue weighted by Crippen LogP contribution is 2.48. The topological polar surface area (TPSA) is 75.3 Å². The number of carbonyl (C=O) groups excluding carboxylic acids is 1. The van der Waals surface area contributed by atoms with Gasteiger partial charge in [-0.25, -0.2) is 8.42 Å². The van der Waals surface area contributed by atoms with Crippen LogP contribution in [0.25, 0.3) is 0 Å². The normalized spacial score (nSPS) is 18.6. The van der Waals surface area contributed by atoms with Crippen LogP contribution in [0.1, 0.15) is 37.7 Å². The zero-order valence-corrected chi connectivity index (χ0v) is 14.6. The third-order valence-electron chi connectivity index (χ3n) is 5.23. The van der Waals surface area contributed by atoms with Crippen molar-refractivity contribution in [3.05, 3.63) is 54.1 Å². The van der Waals surface area contributed by atoms with E-state index in [9.17, 15) is 13.2 Å². The average molecular weight is 356 g/mol. The predicted molar refractivity (Wildman–Crippen MR) is 97.1 cm³/mol. The summed E-state index contributed by atoms with van der Waals surface area (Å²) in [5, 5.41) is 2.96. The molecule has 1 fully saturated rings. The van der Waals surface area contributed by atoms with Crippen molar-refractivity contribution < 1.29 is 13.2 Å². The Morgan fingerprint density at radius 1 is 0.960 bits per heavy atom. The number of amides is 1. The van der Waals surface area contributed by atoms with Crippen molar-refractivity contribution in [2.45, 2.75) is 42.4 Å². The third-order valence-corrected chi connectivity index (χ3v) is 6.63. The van der Waals surface area contributed by atoms with Crippen LogP contribution in [0.2, 0.25) is 0 Å². The highest BCUT2D eigenvalue weighted by molar-refractivity contribution is 7.92. The fourth-order valence-corrected chi connectivity index (χ4v) is 5.01. The Morgan fingerprint density at radius 3 is 2.40 bits per heavy atom. The number of fused-ring (bicyclic) bond motifs is 2. The van der Waals surface area contributed by atoms with E-state index in [1.807, 2.05) is 6.07 Å². The Kier molecular flexibility index (Phi) is 3.80. The van der Waals surface area contributed by atoms with Gasteiger partial charge in [0.2, 0.25) is 5.91 Å². The second-order valence-corrected chi connectivity index (χ2v) is 8.46. The number of anilines is 2. The molecule has 2 N–H and O–H groups in total. The minimum absolute atomic E-state index is 0.0465. The maximum atomic E-state index is 12.6. The zero-order chi connectivity index (χ0) is 17.5. The molecule has 2 aliphatic rings. The molecule has 1 aliphatic carbocycles. The summed E-state index contributed by atoms with van der Waals surface area (Å²) < 4.78 is 27.7. The van der Waals surface area contributed by atoms with Gasteiger partial charge in [-0.15, -0.1) is 0 Å². The summed E-state index contributed by atoms with van der Waals surface area (Å²) >= 11 is 0. The van der Waals surface area contributed by atoms with E-state index in [0.717, 1.165) is 43.4 Å². The Labute approximate surface area is 147 Å². The summed E-state index contributed by atoms with van der Waals surface area (Å²) in [4.78, 5) is 12.8. The first kappa shape index (κ1) is 16.1. The van der Waals surface area contributed by atoms with Gasteiger partial charge in [0.25, 0.3) is 10.0 Å². The standard InChI is InChI=1S/C19H20N2O3S/c22-18-19(11-5-2-6-12-19)16-13-14(9-10-17(16)20-18)21-25(23,24)15-7-3-1-4-8-15/h1,3-4,7-10,13,21H,2,5-6,11-12H2,(H,20,22). The van der Waals surface area contributed by atoms with E-state index in [0.29, 0.717) is 5.69 Å². The molecule has 0 atom stereocenters. The minimum Gasteiger partial charge on any atom is -0.325 e. The number of sulfonamides is 1. The third kappa shape index (κ3) is 2.70. The van der Waals surface area contributed by atoms with Gasteiger partial charge >= 0.3 is 0 Å². The Balaban J connectivity index is 1.69. The van der Waals surface area contributed by atoms with E-state index in [1.54, 1.807) is 42.5 Å². The van der Waals surface area contributed by atoms with Crippen LogP contribution in [0.4, 0.5) is 11.4 Å². The Hall–Kier alpha value is -2.34. The fraction of sp³-hybridized carbons (Fsp3) is 0.316. The van der Waals surface area contributed by atoms with Crippen LogP contribution in [-0.2, 0) is 20.2 Å². The van der Waals surface area contributed by atoms with Crippen LogP contribution in [-0.4, -0.2) is 14.3 Å². The molecular formula is C19H20N2O3S. The number of rotatable bonds is 3. The molecule has 6 heteroatoms. The number of nitrogens with one attached hydrogen (secondary N) is 2. The molecular weight excluding hydrogens is 336 g/mol. The van der Waals surface area contributed by atoms with Crippen LogP contribution in [0.15, 0.2) is 53.4 Å². The monoisotopic (exact) mass is 356 g/mol. The van der Waals surface area contributed by atoms with E-state index in [2.05, 4.69) is 10.0 Å². The number of benzene rings is 2. The zero-order valence-electron chi connectivity index (χ0n) is 13.8. The summed E-state index contributed by atoms with van der Waals surface area (Å²) in [6.45, 7) is 0. The first-order valence-corrected chi connectivity index (χ1v) is 10.0. The number of hydrogen-bond donors (Lipinski definition) is 2. The van der Waals surface area contributed by atoms with Crippen LogP contribution in [0, 0.1) is 0 Å². The van der Waals surface area contributed by atoms with Gasteiger partial charge in [0.15, 0.2) is 0 Å². The molecule has 1 heterocycles. The van der Waals surface area contributed by atoms with Crippen LogP contribution in [0.5, 0.6) is 0 Å². The molecule has 0 unspecified atom stereocenters. The van der Waals surface area contributed by atoms with Crippen LogP contribution >= 0.6 is 0 Å². The Bertz CT molecular complexity index is 917. The fourth-order valence-electron chi connectivity index (χ4n) is 3.94. The van der Waals surface area contributed by atoms with Crippen molar-refractivity contribution in [3.63, 3.8) is 0 Å². The van der Waals surface area contributed by atoms with E-state index in [1.165, 1.54) is 0 Å². The highest BCUT2D eigenvalue weighted by Gasteiger charge is 2.47. The molecule has 25 heavy (non-hydrogen) atoms. The summed E-state index contributed by atoms with van der Waals surface area (Å²) in [5.74, 6) is 0.0465. The predicted octanol–water partition coefficient (Wildman–Crippen LogP) is 3.64. The van der Waals surface area contributed by atoms with Gasteiger partial charge in [-0.3, -0.25) is 9.52 Å². The van der Waals surface area contributed by atoms with Crippen molar-refractivity contribution in [1.29, 1.82) is 0 Å². The van der Waals surface area contributed by atoms with E-state index in [4.69, 9.17) is 0 Å². The molecule has 1 saturated carbocycles. The molecule has 130 valence electrons. The molecule has 0 aromatic heterocycles. The smallest absolute Gasteiger partial charge is 0.261 e.